The second-order valence-corrected chi connectivity index (χ2v) is 9.31. The molecule has 0 radical (unpaired) electrons. The topological polar surface area (TPSA) is 87.8 Å². The standard InChI is InChI=1S/C23H19F3N4O2S/c1-3-15-11-19-20(12-27)21(30(17-5-4-6-17)22(19)28-13-15)16-7-9-18(10-8-16)33(31,32)29-14(2)23(24,25)26/h4-11,13-14,29H,3H2,1-2H3/t14-/m1/s1. The Kier molecular flexibility index (Phi) is 5.64. The molecule has 0 saturated carbocycles. The fourth-order valence-corrected chi connectivity index (χ4v) is 4.76. The Hall–Kier alpha value is -3.42. The van der Waals surface area contributed by atoms with Crippen molar-refractivity contribution in [2.24, 2.45) is 0 Å². The van der Waals surface area contributed by atoms with Gasteiger partial charge in [-0.2, -0.15) is 23.2 Å². The summed E-state index contributed by atoms with van der Waals surface area (Å²) < 4.78 is 66.7. The third-order valence-corrected chi connectivity index (χ3v) is 6.99. The number of halogens is 3. The van der Waals surface area contributed by atoms with Crippen LogP contribution in [0.1, 0.15) is 25.0 Å². The van der Waals surface area contributed by atoms with Crippen molar-refractivity contribution in [3.63, 3.8) is 0 Å². The lowest BCUT2D eigenvalue weighted by Gasteiger charge is -2.18. The molecule has 1 aliphatic carbocycles. The summed E-state index contributed by atoms with van der Waals surface area (Å²) in [5.41, 5.74) is 3.81. The summed E-state index contributed by atoms with van der Waals surface area (Å²) in [5, 5.41) is 10.6. The first-order chi connectivity index (χ1) is 15.6. The van der Waals surface area contributed by atoms with E-state index in [0.717, 1.165) is 24.6 Å². The molecule has 0 aliphatic heterocycles. The molecule has 0 bridgehead atoms. The van der Waals surface area contributed by atoms with Gasteiger partial charge in [-0.05, 0) is 49.3 Å². The lowest BCUT2D eigenvalue weighted by Crippen LogP contribution is -2.42. The number of hydrogen-bond donors (Lipinski definition) is 1. The highest BCUT2D eigenvalue weighted by Crippen LogP contribution is 2.37. The van der Waals surface area contributed by atoms with Gasteiger partial charge in [-0.25, -0.2) is 13.4 Å². The number of alkyl halides is 3. The Labute approximate surface area is 188 Å². The summed E-state index contributed by atoms with van der Waals surface area (Å²) in [6.07, 6.45) is 3.36. The van der Waals surface area contributed by atoms with E-state index in [2.05, 4.69) is 11.1 Å². The number of nitrogens with zero attached hydrogens (tertiary/aromatic N) is 3. The Morgan fingerprint density at radius 1 is 1.24 bits per heavy atom. The average Bonchev–Trinajstić information content (AvgIpc) is 3.04. The summed E-state index contributed by atoms with van der Waals surface area (Å²) in [6, 6.07) is 7.30. The van der Waals surface area contributed by atoms with E-state index in [1.807, 2.05) is 35.8 Å². The van der Waals surface area contributed by atoms with Gasteiger partial charge in [-0.15, -0.1) is 0 Å². The third kappa shape index (κ3) is 4.05. The van der Waals surface area contributed by atoms with Gasteiger partial charge in [-0.1, -0.05) is 25.1 Å². The monoisotopic (exact) mass is 472 g/mol. The van der Waals surface area contributed by atoms with Gasteiger partial charge in [0.15, 0.2) is 0 Å². The van der Waals surface area contributed by atoms with Crippen molar-refractivity contribution in [3.05, 3.63) is 65.9 Å². The molecular formula is C23H19F3N4O2S. The molecular weight excluding hydrogens is 453 g/mol. The number of fused-ring (bicyclic) bond motifs is 1. The first kappa shape index (κ1) is 22.8. The quantitative estimate of drug-likeness (QED) is 0.560. The second kappa shape index (κ2) is 8.17. The van der Waals surface area contributed by atoms with E-state index in [-0.39, 0.29) is 4.90 Å². The van der Waals surface area contributed by atoms with E-state index in [4.69, 9.17) is 0 Å². The number of pyridine rings is 1. The van der Waals surface area contributed by atoms with Crippen LogP contribution >= 0.6 is 0 Å². The summed E-state index contributed by atoms with van der Waals surface area (Å²) >= 11 is 0. The molecule has 1 aromatic carbocycles. The van der Waals surface area contributed by atoms with Crippen LogP contribution in [0.15, 0.2) is 59.7 Å². The van der Waals surface area contributed by atoms with Crippen LogP contribution in [0.4, 0.5) is 13.2 Å². The Morgan fingerprint density at radius 3 is 2.42 bits per heavy atom. The van der Waals surface area contributed by atoms with Gasteiger partial charge in [-0.3, -0.25) is 4.57 Å². The molecule has 170 valence electrons. The molecule has 6 nitrogen and oxygen atoms in total. The molecule has 2 heterocycles. The van der Waals surface area contributed by atoms with E-state index < -0.39 is 22.2 Å². The molecule has 2 aromatic heterocycles. The zero-order chi connectivity index (χ0) is 24.0. The van der Waals surface area contributed by atoms with Crippen LogP contribution < -0.4 is 4.72 Å². The van der Waals surface area contributed by atoms with Crippen molar-refractivity contribution < 1.29 is 21.6 Å². The highest BCUT2D eigenvalue weighted by Gasteiger charge is 2.38. The maximum Gasteiger partial charge on any atom is 0.404 e. The summed E-state index contributed by atoms with van der Waals surface area (Å²) in [7, 11) is -4.39. The fourth-order valence-electron chi connectivity index (χ4n) is 3.53. The second-order valence-electron chi connectivity index (χ2n) is 7.60. The lowest BCUT2D eigenvalue weighted by atomic mass is 10.1. The van der Waals surface area contributed by atoms with Gasteiger partial charge in [0.05, 0.1) is 16.2 Å². The number of allylic oxidation sites excluding steroid dienone is 4. The molecule has 33 heavy (non-hydrogen) atoms. The van der Waals surface area contributed by atoms with E-state index in [1.54, 1.807) is 10.9 Å². The Bertz CT molecular complexity index is 1440. The average molecular weight is 472 g/mol. The minimum atomic E-state index is -4.70. The molecule has 10 heteroatoms. The highest BCUT2D eigenvalue weighted by atomic mass is 32.2. The van der Waals surface area contributed by atoms with Gasteiger partial charge in [0.25, 0.3) is 0 Å². The molecule has 0 spiro atoms. The third-order valence-electron chi connectivity index (χ3n) is 5.44. The van der Waals surface area contributed by atoms with Gasteiger partial charge in [0.1, 0.15) is 17.8 Å². The number of aryl methyl sites for hydroxylation is 1. The van der Waals surface area contributed by atoms with Gasteiger partial charge in [0.2, 0.25) is 10.0 Å². The van der Waals surface area contributed by atoms with Crippen molar-refractivity contribution in [2.45, 2.75) is 37.4 Å². The summed E-state index contributed by atoms with van der Waals surface area (Å²) in [4.78, 5) is 4.24. The number of hydrogen-bond acceptors (Lipinski definition) is 4. The van der Waals surface area contributed by atoms with Crippen molar-refractivity contribution in [2.75, 3.05) is 0 Å². The SMILES string of the molecule is CCc1cnc2c(c1)c(C#N)c(-c1ccc(S(=O)(=O)N[C@H](C)C(F)(F)F)cc1)n2C1=CC=C1. The van der Waals surface area contributed by atoms with Crippen LogP contribution in [-0.4, -0.2) is 30.2 Å². The Balaban J connectivity index is 1.82. The smallest absolute Gasteiger partial charge is 0.293 e. The molecule has 3 aromatic rings. The van der Waals surface area contributed by atoms with Crippen molar-refractivity contribution in [1.29, 1.82) is 5.26 Å². The number of sulfonamides is 1. The molecule has 0 amide bonds. The zero-order valence-electron chi connectivity index (χ0n) is 17.7. The first-order valence-corrected chi connectivity index (χ1v) is 11.6. The van der Waals surface area contributed by atoms with E-state index in [1.165, 1.54) is 24.3 Å². The molecule has 4 rings (SSSR count). The predicted octanol–water partition coefficient (Wildman–Crippen LogP) is 4.78. The van der Waals surface area contributed by atoms with Crippen LogP contribution in [0.5, 0.6) is 0 Å². The number of benzene rings is 1. The van der Waals surface area contributed by atoms with Crippen LogP contribution in [-0.2, 0) is 16.4 Å². The van der Waals surface area contributed by atoms with Gasteiger partial charge in [0, 0.05) is 22.8 Å². The van der Waals surface area contributed by atoms with E-state index in [0.29, 0.717) is 27.9 Å². The van der Waals surface area contributed by atoms with Crippen LogP contribution in [0, 0.1) is 11.3 Å². The minimum absolute atomic E-state index is 0.308. The lowest BCUT2D eigenvalue weighted by molar-refractivity contribution is -0.147. The molecule has 1 atom stereocenters. The molecule has 0 unspecified atom stereocenters. The van der Waals surface area contributed by atoms with Crippen LogP contribution in [0.2, 0.25) is 0 Å². The molecule has 0 saturated heterocycles. The highest BCUT2D eigenvalue weighted by molar-refractivity contribution is 7.89. The molecule has 0 fully saturated rings. The van der Waals surface area contributed by atoms with E-state index in [9.17, 15) is 26.9 Å². The zero-order valence-corrected chi connectivity index (χ0v) is 18.5. The van der Waals surface area contributed by atoms with E-state index >= 15 is 0 Å². The first-order valence-electron chi connectivity index (χ1n) is 10.1. The predicted molar refractivity (Wildman–Crippen MR) is 119 cm³/mol. The fraction of sp³-hybridized carbons (Fsp3) is 0.217. The minimum Gasteiger partial charge on any atom is -0.293 e. The summed E-state index contributed by atoms with van der Waals surface area (Å²) in [5.74, 6) is 0. The molecule has 1 aliphatic rings. The Morgan fingerprint density at radius 2 is 1.91 bits per heavy atom. The number of nitrogens with one attached hydrogen (secondary N) is 1. The van der Waals surface area contributed by atoms with Crippen LogP contribution in [0.3, 0.4) is 0 Å². The normalized spacial score (nSPS) is 14.6. The maximum absolute atomic E-state index is 12.8. The van der Waals surface area contributed by atoms with Crippen molar-refractivity contribution in [3.8, 4) is 17.3 Å². The summed E-state index contributed by atoms with van der Waals surface area (Å²) in [6.45, 7) is 2.72. The largest absolute Gasteiger partial charge is 0.404 e. The van der Waals surface area contributed by atoms with Crippen molar-refractivity contribution in [1.82, 2.24) is 14.3 Å². The van der Waals surface area contributed by atoms with Crippen LogP contribution in [0.25, 0.3) is 28.0 Å². The number of rotatable bonds is 6. The van der Waals surface area contributed by atoms with Crippen molar-refractivity contribution >= 4 is 26.8 Å². The van der Waals surface area contributed by atoms with Gasteiger partial charge < -0.3 is 0 Å². The molecule has 1 N–H and O–H groups in total. The maximum atomic E-state index is 12.8. The number of nitriles is 1. The number of aromatic nitrogens is 2. The van der Waals surface area contributed by atoms with Gasteiger partial charge >= 0.3 is 6.18 Å².